The van der Waals surface area contributed by atoms with Crippen LogP contribution in [0.2, 0.25) is 0 Å². The van der Waals surface area contributed by atoms with Crippen LogP contribution in [0.1, 0.15) is 18.6 Å². The molecule has 1 aromatic heterocycles. The van der Waals surface area contributed by atoms with Crippen molar-refractivity contribution in [1.82, 2.24) is 5.32 Å². The number of halogens is 1. The van der Waals surface area contributed by atoms with E-state index in [2.05, 4.69) is 26.6 Å². The van der Waals surface area contributed by atoms with E-state index >= 15 is 0 Å². The first kappa shape index (κ1) is 18.7. The highest BCUT2D eigenvalue weighted by Gasteiger charge is 2.11. The summed E-state index contributed by atoms with van der Waals surface area (Å²) < 4.78 is 10.8. The molecule has 132 valence electrons. The highest BCUT2D eigenvalue weighted by atomic mass is 79.9. The van der Waals surface area contributed by atoms with E-state index < -0.39 is 18.5 Å². The molecule has 2 rings (SSSR count). The Morgan fingerprint density at radius 2 is 1.80 bits per heavy atom. The number of carbonyl (C=O) groups is 3. The Morgan fingerprint density at radius 1 is 1.04 bits per heavy atom. The van der Waals surface area contributed by atoms with Crippen LogP contribution in [0.4, 0.5) is 5.69 Å². The lowest BCUT2D eigenvalue weighted by Crippen LogP contribution is -2.24. The van der Waals surface area contributed by atoms with Gasteiger partial charge in [-0.25, -0.2) is 0 Å². The summed E-state index contributed by atoms with van der Waals surface area (Å²) in [5, 5.41) is 5.22. The molecule has 2 amide bonds. The van der Waals surface area contributed by atoms with Gasteiger partial charge in [-0.3, -0.25) is 14.4 Å². The fraction of sp³-hybridized carbons (Fsp3) is 0.235. The molecule has 7 nitrogen and oxygen atoms in total. The average molecular weight is 409 g/mol. The smallest absolute Gasteiger partial charge is 0.306 e. The van der Waals surface area contributed by atoms with Crippen LogP contribution in [-0.4, -0.2) is 24.4 Å². The van der Waals surface area contributed by atoms with Gasteiger partial charge in [-0.1, -0.05) is 15.9 Å². The van der Waals surface area contributed by atoms with Gasteiger partial charge in [-0.15, -0.1) is 0 Å². The van der Waals surface area contributed by atoms with E-state index in [1.54, 1.807) is 36.4 Å². The first-order valence-electron chi connectivity index (χ1n) is 7.53. The Balaban J connectivity index is 1.60. The summed E-state index contributed by atoms with van der Waals surface area (Å²) in [6.45, 7) is -0.139. The summed E-state index contributed by atoms with van der Waals surface area (Å²) in [5.74, 6) is -0.731. The molecule has 1 heterocycles. The summed E-state index contributed by atoms with van der Waals surface area (Å²) >= 11 is 3.29. The predicted octanol–water partition coefficient (Wildman–Crippen LogP) is 2.62. The molecule has 0 atom stereocenters. The molecule has 0 bridgehead atoms. The second-order valence-electron chi connectivity index (χ2n) is 5.07. The lowest BCUT2D eigenvalue weighted by atomic mass is 10.3. The molecule has 25 heavy (non-hydrogen) atoms. The number of hydrogen-bond acceptors (Lipinski definition) is 5. The number of rotatable bonds is 8. The molecule has 2 aromatic rings. The number of esters is 1. The SMILES string of the molecule is O=C(CCC(=O)OCC(=O)Nc1ccc(Br)cc1)NCc1ccco1. The van der Waals surface area contributed by atoms with Crippen molar-refractivity contribution in [3.8, 4) is 0 Å². The number of hydrogen-bond donors (Lipinski definition) is 2. The minimum Gasteiger partial charge on any atom is -0.467 e. The Labute approximate surface area is 152 Å². The van der Waals surface area contributed by atoms with Gasteiger partial charge in [0.2, 0.25) is 5.91 Å². The van der Waals surface area contributed by atoms with Crippen molar-refractivity contribution in [2.24, 2.45) is 0 Å². The van der Waals surface area contributed by atoms with E-state index in [1.165, 1.54) is 6.26 Å². The normalized spacial score (nSPS) is 10.1. The van der Waals surface area contributed by atoms with Gasteiger partial charge in [-0.05, 0) is 36.4 Å². The van der Waals surface area contributed by atoms with Crippen molar-refractivity contribution in [2.45, 2.75) is 19.4 Å². The zero-order valence-corrected chi connectivity index (χ0v) is 14.9. The van der Waals surface area contributed by atoms with Crippen molar-refractivity contribution in [2.75, 3.05) is 11.9 Å². The van der Waals surface area contributed by atoms with Crippen molar-refractivity contribution >= 4 is 39.4 Å². The average Bonchev–Trinajstić information content (AvgIpc) is 3.12. The van der Waals surface area contributed by atoms with Crippen LogP contribution in [0, 0.1) is 0 Å². The van der Waals surface area contributed by atoms with Crippen LogP contribution in [0.15, 0.2) is 51.6 Å². The van der Waals surface area contributed by atoms with Gasteiger partial charge >= 0.3 is 5.97 Å². The molecular weight excluding hydrogens is 392 g/mol. The molecule has 0 aliphatic heterocycles. The van der Waals surface area contributed by atoms with E-state index in [0.717, 1.165) is 4.47 Å². The van der Waals surface area contributed by atoms with E-state index in [0.29, 0.717) is 11.4 Å². The highest BCUT2D eigenvalue weighted by Crippen LogP contribution is 2.13. The first-order chi connectivity index (χ1) is 12.0. The molecule has 8 heteroatoms. The van der Waals surface area contributed by atoms with Crippen molar-refractivity contribution in [1.29, 1.82) is 0 Å². The minimum atomic E-state index is -0.612. The topological polar surface area (TPSA) is 97.6 Å². The van der Waals surface area contributed by atoms with Gasteiger partial charge in [-0.2, -0.15) is 0 Å². The first-order valence-corrected chi connectivity index (χ1v) is 8.32. The third kappa shape index (κ3) is 7.21. The molecule has 0 aliphatic carbocycles. The lowest BCUT2D eigenvalue weighted by molar-refractivity contribution is -0.148. The third-order valence-electron chi connectivity index (χ3n) is 3.09. The van der Waals surface area contributed by atoms with Gasteiger partial charge in [0.15, 0.2) is 6.61 Å². The summed E-state index contributed by atoms with van der Waals surface area (Å²) in [7, 11) is 0. The van der Waals surface area contributed by atoms with Crippen LogP contribution < -0.4 is 10.6 Å². The van der Waals surface area contributed by atoms with Gasteiger partial charge in [0.25, 0.3) is 5.91 Å². The minimum absolute atomic E-state index is 0.0200. The molecule has 2 N–H and O–H groups in total. The second-order valence-corrected chi connectivity index (χ2v) is 5.99. The third-order valence-corrected chi connectivity index (χ3v) is 3.62. The molecule has 0 radical (unpaired) electrons. The number of amides is 2. The monoisotopic (exact) mass is 408 g/mol. The van der Waals surface area contributed by atoms with E-state index in [9.17, 15) is 14.4 Å². The maximum absolute atomic E-state index is 11.7. The summed E-state index contributed by atoms with van der Waals surface area (Å²) in [6, 6.07) is 10.4. The summed E-state index contributed by atoms with van der Waals surface area (Å²) in [5.41, 5.74) is 0.599. The Morgan fingerprint density at radius 3 is 2.48 bits per heavy atom. The van der Waals surface area contributed by atoms with E-state index in [4.69, 9.17) is 9.15 Å². The van der Waals surface area contributed by atoms with Crippen molar-refractivity contribution in [3.05, 3.63) is 52.9 Å². The standard InChI is InChI=1S/C17H17BrN2O5/c18-12-3-5-13(6-4-12)20-16(22)11-25-17(23)8-7-15(21)19-10-14-2-1-9-24-14/h1-6,9H,7-8,10-11H2,(H,19,21)(H,20,22). The zero-order valence-electron chi connectivity index (χ0n) is 13.3. The molecule has 0 saturated heterocycles. The largest absolute Gasteiger partial charge is 0.467 e. The van der Waals surface area contributed by atoms with Crippen molar-refractivity contribution in [3.63, 3.8) is 0 Å². The quantitative estimate of drug-likeness (QED) is 0.654. The molecule has 0 aliphatic rings. The number of nitrogens with one attached hydrogen (secondary N) is 2. The molecule has 0 spiro atoms. The fourth-order valence-corrected chi connectivity index (χ4v) is 2.12. The van der Waals surface area contributed by atoms with Gasteiger partial charge in [0.05, 0.1) is 19.2 Å². The number of benzene rings is 1. The fourth-order valence-electron chi connectivity index (χ4n) is 1.85. The number of ether oxygens (including phenoxy) is 1. The van der Waals surface area contributed by atoms with E-state index in [1.807, 2.05) is 0 Å². The molecule has 0 unspecified atom stereocenters. The molecule has 0 fully saturated rings. The van der Waals surface area contributed by atoms with Crippen LogP contribution in [0.25, 0.3) is 0 Å². The highest BCUT2D eigenvalue weighted by molar-refractivity contribution is 9.10. The Bertz CT molecular complexity index is 713. The maximum atomic E-state index is 11.7. The van der Waals surface area contributed by atoms with Crippen LogP contribution in [0.3, 0.4) is 0 Å². The number of furan rings is 1. The van der Waals surface area contributed by atoms with Crippen molar-refractivity contribution < 1.29 is 23.5 Å². The Hall–Kier alpha value is -2.61. The zero-order chi connectivity index (χ0) is 18.1. The van der Waals surface area contributed by atoms with Crippen LogP contribution >= 0.6 is 15.9 Å². The Kier molecular flexibility index (Phi) is 7.21. The maximum Gasteiger partial charge on any atom is 0.306 e. The van der Waals surface area contributed by atoms with Crippen LogP contribution in [0.5, 0.6) is 0 Å². The van der Waals surface area contributed by atoms with E-state index in [-0.39, 0.29) is 25.3 Å². The molecule has 1 aromatic carbocycles. The van der Waals surface area contributed by atoms with Crippen LogP contribution in [-0.2, 0) is 25.7 Å². The van der Waals surface area contributed by atoms with Gasteiger partial charge < -0.3 is 19.8 Å². The molecule has 0 saturated carbocycles. The molecular formula is C17H17BrN2O5. The van der Waals surface area contributed by atoms with Gasteiger partial charge in [0.1, 0.15) is 5.76 Å². The summed E-state index contributed by atoms with van der Waals surface area (Å²) in [6.07, 6.45) is 1.39. The number of anilines is 1. The lowest BCUT2D eigenvalue weighted by Gasteiger charge is -2.07. The number of carbonyl (C=O) groups excluding carboxylic acids is 3. The second kappa shape index (κ2) is 9.63. The van der Waals surface area contributed by atoms with Gasteiger partial charge in [0, 0.05) is 16.6 Å². The summed E-state index contributed by atoms with van der Waals surface area (Å²) in [4.78, 5) is 34.9. The predicted molar refractivity (Wildman–Crippen MR) is 93.5 cm³/mol.